The zero-order valence-corrected chi connectivity index (χ0v) is 13.3. The molecule has 0 bridgehead atoms. The first kappa shape index (κ1) is 15.1. The molecule has 1 N–H and O–H groups in total. The van der Waals surface area contributed by atoms with Crippen LogP contribution >= 0.6 is 15.9 Å². The van der Waals surface area contributed by atoms with Crippen LogP contribution in [0.4, 0.5) is 4.39 Å². The molecule has 0 aliphatic carbocycles. The van der Waals surface area contributed by atoms with Gasteiger partial charge in [-0.3, -0.25) is 0 Å². The Hall–Kier alpha value is -1.34. The van der Waals surface area contributed by atoms with Gasteiger partial charge in [0.15, 0.2) is 5.82 Å². The molecule has 1 aromatic heterocycles. The monoisotopic (exact) mass is 341 g/mol. The van der Waals surface area contributed by atoms with E-state index < -0.39 is 0 Å². The molecule has 0 amide bonds. The molecule has 0 atom stereocenters. The lowest BCUT2D eigenvalue weighted by atomic mass is 10.2. The van der Waals surface area contributed by atoms with Crippen LogP contribution < -0.4 is 5.32 Å². The summed E-state index contributed by atoms with van der Waals surface area (Å²) in [7, 11) is 0. The third-order valence-electron chi connectivity index (χ3n) is 2.84. The van der Waals surface area contributed by atoms with Crippen molar-refractivity contribution in [1.82, 2.24) is 25.5 Å². The normalized spacial score (nSPS) is 11.3. The summed E-state index contributed by atoms with van der Waals surface area (Å²) in [6, 6.07) is 3.15. The van der Waals surface area contributed by atoms with Gasteiger partial charge in [0.2, 0.25) is 0 Å². The Morgan fingerprint density at radius 2 is 2.15 bits per heavy atom. The van der Waals surface area contributed by atoms with Gasteiger partial charge < -0.3 is 5.32 Å². The molecular weight excluding hydrogens is 325 g/mol. The van der Waals surface area contributed by atoms with E-state index in [0.717, 1.165) is 17.8 Å². The van der Waals surface area contributed by atoms with Gasteiger partial charge >= 0.3 is 0 Å². The SMILES string of the molecule is Cc1cc(F)c(Br)cc1-n1nnnc1CNCC(C)C. The second-order valence-corrected chi connectivity index (χ2v) is 5.94. The maximum Gasteiger partial charge on any atom is 0.170 e. The number of hydrogen-bond donors (Lipinski definition) is 1. The molecule has 7 heteroatoms. The number of nitrogens with one attached hydrogen (secondary N) is 1. The topological polar surface area (TPSA) is 55.6 Å². The van der Waals surface area contributed by atoms with E-state index in [0.29, 0.717) is 22.8 Å². The first-order valence-corrected chi connectivity index (χ1v) is 7.22. The standard InChI is InChI=1S/C13H17BrFN5/c1-8(2)6-16-7-13-17-18-19-20(13)12-5-10(14)11(15)4-9(12)3/h4-5,8,16H,6-7H2,1-3H3. The predicted octanol–water partition coefficient (Wildman–Crippen LogP) is 2.62. The van der Waals surface area contributed by atoms with Crippen LogP contribution in [-0.2, 0) is 6.54 Å². The van der Waals surface area contributed by atoms with Gasteiger partial charge in [-0.05, 0) is 63.4 Å². The van der Waals surface area contributed by atoms with Gasteiger partial charge in [-0.1, -0.05) is 13.8 Å². The van der Waals surface area contributed by atoms with E-state index in [1.165, 1.54) is 6.07 Å². The lowest BCUT2D eigenvalue weighted by Crippen LogP contribution is -2.21. The highest BCUT2D eigenvalue weighted by Crippen LogP contribution is 2.23. The predicted molar refractivity (Wildman–Crippen MR) is 78.1 cm³/mol. The van der Waals surface area contributed by atoms with Crippen LogP contribution in [0.15, 0.2) is 16.6 Å². The second kappa shape index (κ2) is 6.41. The van der Waals surface area contributed by atoms with Gasteiger partial charge in [-0.25, -0.2) is 4.39 Å². The molecular formula is C13H17BrFN5. The summed E-state index contributed by atoms with van der Waals surface area (Å²) in [5.74, 6) is 0.965. The fraction of sp³-hybridized carbons (Fsp3) is 0.462. The number of benzene rings is 1. The van der Waals surface area contributed by atoms with Crippen molar-refractivity contribution in [2.24, 2.45) is 5.92 Å². The molecule has 0 saturated heterocycles. The Kier molecular flexibility index (Phi) is 4.82. The summed E-state index contributed by atoms with van der Waals surface area (Å²) in [6.45, 7) is 7.56. The average Bonchev–Trinajstić information content (AvgIpc) is 2.81. The quantitative estimate of drug-likeness (QED) is 0.908. The van der Waals surface area contributed by atoms with E-state index in [4.69, 9.17) is 0 Å². The van der Waals surface area contributed by atoms with Crippen LogP contribution in [0.3, 0.4) is 0 Å². The number of aromatic nitrogens is 4. The lowest BCUT2D eigenvalue weighted by Gasteiger charge is -2.10. The summed E-state index contributed by atoms with van der Waals surface area (Å²) < 4.78 is 15.5. The smallest absolute Gasteiger partial charge is 0.170 e. The summed E-state index contributed by atoms with van der Waals surface area (Å²) in [5, 5.41) is 15.0. The van der Waals surface area contributed by atoms with Crippen molar-refractivity contribution in [1.29, 1.82) is 0 Å². The zero-order chi connectivity index (χ0) is 14.7. The molecule has 0 saturated carbocycles. The number of halogens is 2. The summed E-state index contributed by atoms with van der Waals surface area (Å²) >= 11 is 3.19. The lowest BCUT2D eigenvalue weighted by molar-refractivity contribution is 0.537. The van der Waals surface area contributed by atoms with E-state index in [1.807, 2.05) is 6.92 Å². The molecule has 0 radical (unpaired) electrons. The molecule has 0 unspecified atom stereocenters. The highest BCUT2D eigenvalue weighted by molar-refractivity contribution is 9.10. The Bertz CT molecular complexity index is 596. The fourth-order valence-electron chi connectivity index (χ4n) is 1.84. The highest BCUT2D eigenvalue weighted by atomic mass is 79.9. The Labute approximate surface area is 125 Å². The molecule has 1 aromatic carbocycles. The maximum absolute atomic E-state index is 13.5. The largest absolute Gasteiger partial charge is 0.310 e. The average molecular weight is 342 g/mol. The Morgan fingerprint density at radius 3 is 2.85 bits per heavy atom. The third kappa shape index (κ3) is 3.40. The van der Waals surface area contributed by atoms with Crippen LogP contribution in [0.1, 0.15) is 25.2 Å². The highest BCUT2D eigenvalue weighted by Gasteiger charge is 2.13. The van der Waals surface area contributed by atoms with E-state index in [1.54, 1.807) is 10.7 Å². The van der Waals surface area contributed by atoms with Crippen LogP contribution in [-0.4, -0.2) is 26.8 Å². The van der Waals surface area contributed by atoms with Crippen LogP contribution in [0.5, 0.6) is 0 Å². The summed E-state index contributed by atoms with van der Waals surface area (Å²) in [4.78, 5) is 0. The molecule has 0 fully saturated rings. The van der Waals surface area contributed by atoms with Crippen LogP contribution in [0.25, 0.3) is 5.69 Å². The van der Waals surface area contributed by atoms with Crippen LogP contribution in [0, 0.1) is 18.7 Å². The van der Waals surface area contributed by atoms with E-state index in [-0.39, 0.29) is 5.82 Å². The second-order valence-electron chi connectivity index (χ2n) is 5.08. The van der Waals surface area contributed by atoms with Gasteiger partial charge in [0, 0.05) is 0 Å². The van der Waals surface area contributed by atoms with Crippen molar-refractivity contribution in [2.45, 2.75) is 27.3 Å². The van der Waals surface area contributed by atoms with Crippen molar-refractivity contribution in [3.05, 3.63) is 33.8 Å². The molecule has 2 rings (SSSR count). The number of hydrogen-bond acceptors (Lipinski definition) is 4. The summed E-state index contributed by atoms with van der Waals surface area (Å²) in [5.41, 5.74) is 1.55. The van der Waals surface area contributed by atoms with Gasteiger partial charge in [0.05, 0.1) is 16.7 Å². The minimum Gasteiger partial charge on any atom is -0.310 e. The van der Waals surface area contributed by atoms with Crippen molar-refractivity contribution in [3.63, 3.8) is 0 Å². The molecule has 0 aliphatic heterocycles. The van der Waals surface area contributed by atoms with Gasteiger partial charge in [0.1, 0.15) is 5.82 Å². The molecule has 1 heterocycles. The molecule has 0 aliphatic rings. The van der Waals surface area contributed by atoms with Gasteiger partial charge in [-0.2, -0.15) is 4.68 Å². The number of aryl methyl sites for hydroxylation is 1. The van der Waals surface area contributed by atoms with Gasteiger partial charge in [0.25, 0.3) is 0 Å². The minimum absolute atomic E-state index is 0.293. The van der Waals surface area contributed by atoms with E-state index >= 15 is 0 Å². The maximum atomic E-state index is 13.5. The van der Waals surface area contributed by atoms with Crippen molar-refractivity contribution in [3.8, 4) is 5.69 Å². The Balaban J connectivity index is 2.25. The van der Waals surface area contributed by atoms with E-state index in [2.05, 4.69) is 50.6 Å². The first-order valence-electron chi connectivity index (χ1n) is 6.43. The fourth-order valence-corrected chi connectivity index (χ4v) is 2.17. The molecule has 0 spiro atoms. The third-order valence-corrected chi connectivity index (χ3v) is 3.44. The molecule has 108 valence electrons. The number of tetrazole rings is 1. The van der Waals surface area contributed by atoms with Gasteiger partial charge in [-0.15, -0.1) is 5.10 Å². The van der Waals surface area contributed by atoms with Crippen molar-refractivity contribution < 1.29 is 4.39 Å². The first-order chi connectivity index (χ1) is 9.49. The van der Waals surface area contributed by atoms with Crippen molar-refractivity contribution >= 4 is 15.9 Å². The Morgan fingerprint density at radius 1 is 1.40 bits per heavy atom. The minimum atomic E-state index is -0.293. The van der Waals surface area contributed by atoms with Crippen LogP contribution in [0.2, 0.25) is 0 Å². The molecule has 5 nitrogen and oxygen atoms in total. The number of rotatable bonds is 5. The summed E-state index contributed by atoms with van der Waals surface area (Å²) in [6.07, 6.45) is 0. The number of nitrogens with zero attached hydrogens (tertiary/aromatic N) is 4. The van der Waals surface area contributed by atoms with E-state index in [9.17, 15) is 4.39 Å². The zero-order valence-electron chi connectivity index (χ0n) is 11.7. The van der Waals surface area contributed by atoms with Crippen molar-refractivity contribution in [2.75, 3.05) is 6.54 Å². The molecule has 2 aromatic rings. The molecule has 20 heavy (non-hydrogen) atoms.